The summed E-state index contributed by atoms with van der Waals surface area (Å²) in [5, 5.41) is 12.5. The summed E-state index contributed by atoms with van der Waals surface area (Å²) in [6, 6.07) is -0.0627. The van der Waals surface area contributed by atoms with Crippen LogP contribution in [0.1, 0.15) is 12.8 Å². The fourth-order valence-corrected chi connectivity index (χ4v) is 2.27. The van der Waals surface area contributed by atoms with E-state index in [4.69, 9.17) is 28.3 Å². The Hall–Kier alpha value is -1.27. The van der Waals surface area contributed by atoms with Crippen LogP contribution < -0.4 is 5.32 Å². The van der Waals surface area contributed by atoms with E-state index in [1.165, 1.54) is 11.1 Å². The number of carbonyl (C=O) groups is 1. The predicted molar refractivity (Wildman–Crippen MR) is 68.3 cm³/mol. The molecule has 1 atom stereocenters. The maximum Gasteiger partial charge on any atom is 0.407 e. The molecule has 0 aliphatic carbocycles. The Bertz CT molecular complexity index is 458. The predicted octanol–water partition coefficient (Wildman–Crippen LogP) is 2.34. The Morgan fingerprint density at radius 3 is 3.11 bits per heavy atom. The van der Waals surface area contributed by atoms with Crippen molar-refractivity contribution in [1.82, 2.24) is 14.9 Å². The number of amides is 1. The standard InChI is InChI=1S/C10H12Cl2N4O2/c11-7-5-14-9(12)15-8(7)13-4-6-2-1-3-16(6)10(17)18/h5-6H,1-4H2,(H,17,18)(H,13,14,15)/t6-/m1/s1. The number of nitrogens with one attached hydrogen (secondary N) is 1. The fourth-order valence-electron chi connectivity index (χ4n) is 1.98. The molecule has 1 amide bonds. The van der Waals surface area contributed by atoms with Crippen LogP contribution in [0.2, 0.25) is 10.3 Å². The van der Waals surface area contributed by atoms with Gasteiger partial charge in [0.2, 0.25) is 5.28 Å². The van der Waals surface area contributed by atoms with E-state index in [0.29, 0.717) is 23.9 Å². The Labute approximate surface area is 114 Å². The minimum absolute atomic E-state index is 0.0627. The molecule has 0 spiro atoms. The maximum atomic E-state index is 11.0. The van der Waals surface area contributed by atoms with Crippen molar-refractivity contribution in [3.05, 3.63) is 16.5 Å². The lowest BCUT2D eigenvalue weighted by atomic mass is 10.2. The molecule has 1 fully saturated rings. The van der Waals surface area contributed by atoms with E-state index >= 15 is 0 Å². The molecule has 0 aromatic carbocycles. The van der Waals surface area contributed by atoms with Crippen molar-refractivity contribution in [3.63, 3.8) is 0 Å². The van der Waals surface area contributed by atoms with Gasteiger partial charge in [-0.2, -0.15) is 4.98 Å². The molecule has 2 rings (SSSR count). The average Bonchev–Trinajstić information content (AvgIpc) is 2.79. The van der Waals surface area contributed by atoms with Gasteiger partial charge in [0.25, 0.3) is 0 Å². The molecule has 2 N–H and O–H groups in total. The molecule has 8 heteroatoms. The molecule has 1 aromatic rings. The number of anilines is 1. The van der Waals surface area contributed by atoms with Crippen LogP contribution in [-0.4, -0.2) is 45.2 Å². The van der Waals surface area contributed by atoms with Crippen LogP contribution in [-0.2, 0) is 0 Å². The van der Waals surface area contributed by atoms with Gasteiger partial charge in [-0.05, 0) is 24.4 Å². The Morgan fingerprint density at radius 2 is 2.39 bits per heavy atom. The lowest BCUT2D eigenvalue weighted by Gasteiger charge is -2.22. The van der Waals surface area contributed by atoms with Crippen LogP contribution in [0.5, 0.6) is 0 Å². The monoisotopic (exact) mass is 290 g/mol. The zero-order chi connectivity index (χ0) is 13.1. The van der Waals surface area contributed by atoms with E-state index in [0.717, 1.165) is 12.8 Å². The van der Waals surface area contributed by atoms with Crippen molar-refractivity contribution < 1.29 is 9.90 Å². The van der Waals surface area contributed by atoms with Gasteiger partial charge in [-0.25, -0.2) is 9.78 Å². The van der Waals surface area contributed by atoms with Crippen LogP contribution >= 0.6 is 23.2 Å². The van der Waals surface area contributed by atoms with Gasteiger partial charge in [0, 0.05) is 13.1 Å². The molecule has 1 saturated heterocycles. The van der Waals surface area contributed by atoms with Gasteiger partial charge in [0.1, 0.15) is 10.8 Å². The summed E-state index contributed by atoms with van der Waals surface area (Å²) >= 11 is 11.6. The summed E-state index contributed by atoms with van der Waals surface area (Å²) in [4.78, 5) is 20.1. The fraction of sp³-hybridized carbons (Fsp3) is 0.500. The molecule has 1 aliphatic heterocycles. The highest BCUT2D eigenvalue weighted by Crippen LogP contribution is 2.22. The molecule has 1 aliphatic rings. The van der Waals surface area contributed by atoms with E-state index in [2.05, 4.69) is 15.3 Å². The van der Waals surface area contributed by atoms with Crippen molar-refractivity contribution in [3.8, 4) is 0 Å². The summed E-state index contributed by atoms with van der Waals surface area (Å²) in [6.07, 6.45) is 2.21. The number of aromatic nitrogens is 2. The van der Waals surface area contributed by atoms with Gasteiger partial charge < -0.3 is 15.3 Å². The van der Waals surface area contributed by atoms with Crippen molar-refractivity contribution >= 4 is 35.1 Å². The molecular formula is C10H12Cl2N4O2. The summed E-state index contributed by atoms with van der Waals surface area (Å²) in [6.45, 7) is 1.03. The van der Waals surface area contributed by atoms with E-state index in [1.807, 2.05) is 0 Å². The first kappa shape index (κ1) is 13.2. The lowest BCUT2D eigenvalue weighted by Crippen LogP contribution is -2.38. The third-order valence-corrected chi connectivity index (χ3v) is 3.30. The summed E-state index contributed by atoms with van der Waals surface area (Å²) < 4.78 is 0. The zero-order valence-corrected chi connectivity index (χ0v) is 10.9. The summed E-state index contributed by atoms with van der Waals surface area (Å²) in [5.74, 6) is 0.425. The third-order valence-electron chi connectivity index (χ3n) is 2.84. The first-order valence-corrected chi connectivity index (χ1v) is 6.25. The number of hydrogen-bond acceptors (Lipinski definition) is 4. The highest BCUT2D eigenvalue weighted by atomic mass is 35.5. The molecule has 1 aromatic heterocycles. The zero-order valence-electron chi connectivity index (χ0n) is 9.44. The Balaban J connectivity index is 1.99. The Morgan fingerprint density at radius 1 is 1.61 bits per heavy atom. The van der Waals surface area contributed by atoms with E-state index in [1.54, 1.807) is 0 Å². The minimum atomic E-state index is -0.897. The average molecular weight is 291 g/mol. The molecule has 2 heterocycles. The lowest BCUT2D eigenvalue weighted by molar-refractivity contribution is 0.142. The van der Waals surface area contributed by atoms with Gasteiger partial charge in [0.05, 0.1) is 12.2 Å². The van der Waals surface area contributed by atoms with Crippen molar-refractivity contribution in [1.29, 1.82) is 0 Å². The number of nitrogens with zero attached hydrogens (tertiary/aromatic N) is 3. The number of carboxylic acid groups (broad SMARTS) is 1. The number of rotatable bonds is 3. The molecule has 6 nitrogen and oxygen atoms in total. The second kappa shape index (κ2) is 5.58. The molecular weight excluding hydrogens is 279 g/mol. The van der Waals surface area contributed by atoms with Gasteiger partial charge >= 0.3 is 6.09 Å². The highest BCUT2D eigenvalue weighted by molar-refractivity contribution is 6.33. The molecule has 0 bridgehead atoms. The van der Waals surface area contributed by atoms with Crippen LogP contribution in [0.15, 0.2) is 6.20 Å². The normalized spacial score (nSPS) is 19.0. The number of hydrogen-bond donors (Lipinski definition) is 2. The molecule has 0 unspecified atom stereocenters. The SMILES string of the molecule is O=C(O)N1CCC[C@@H]1CNc1nc(Cl)ncc1Cl. The summed E-state index contributed by atoms with van der Waals surface area (Å²) in [5.41, 5.74) is 0. The second-order valence-electron chi connectivity index (χ2n) is 3.99. The Kier molecular flexibility index (Phi) is 4.08. The van der Waals surface area contributed by atoms with Gasteiger partial charge in [-0.1, -0.05) is 11.6 Å². The van der Waals surface area contributed by atoms with Gasteiger partial charge in [0.15, 0.2) is 0 Å². The summed E-state index contributed by atoms with van der Waals surface area (Å²) in [7, 11) is 0. The van der Waals surface area contributed by atoms with Gasteiger partial charge in [-0.3, -0.25) is 0 Å². The minimum Gasteiger partial charge on any atom is -0.465 e. The quantitative estimate of drug-likeness (QED) is 0.836. The number of likely N-dealkylation sites (tertiary alicyclic amines) is 1. The van der Waals surface area contributed by atoms with E-state index in [-0.39, 0.29) is 11.3 Å². The van der Waals surface area contributed by atoms with E-state index < -0.39 is 6.09 Å². The molecule has 0 radical (unpaired) electrons. The van der Waals surface area contributed by atoms with Crippen LogP contribution in [0.4, 0.5) is 10.6 Å². The largest absolute Gasteiger partial charge is 0.465 e. The molecule has 18 heavy (non-hydrogen) atoms. The topological polar surface area (TPSA) is 78.4 Å². The van der Waals surface area contributed by atoms with Gasteiger partial charge in [-0.15, -0.1) is 0 Å². The molecule has 98 valence electrons. The van der Waals surface area contributed by atoms with Crippen LogP contribution in [0.3, 0.4) is 0 Å². The highest BCUT2D eigenvalue weighted by Gasteiger charge is 2.28. The van der Waals surface area contributed by atoms with Crippen molar-refractivity contribution in [2.45, 2.75) is 18.9 Å². The van der Waals surface area contributed by atoms with Crippen molar-refractivity contribution in [2.24, 2.45) is 0 Å². The van der Waals surface area contributed by atoms with Crippen LogP contribution in [0, 0.1) is 0 Å². The molecule has 0 saturated carbocycles. The first-order chi connectivity index (χ1) is 8.58. The maximum absolute atomic E-state index is 11.0. The smallest absolute Gasteiger partial charge is 0.407 e. The first-order valence-electron chi connectivity index (χ1n) is 5.49. The van der Waals surface area contributed by atoms with Crippen molar-refractivity contribution in [2.75, 3.05) is 18.4 Å². The second-order valence-corrected chi connectivity index (χ2v) is 4.73. The number of halogens is 2. The van der Waals surface area contributed by atoms with E-state index in [9.17, 15) is 4.79 Å². The van der Waals surface area contributed by atoms with Crippen LogP contribution in [0.25, 0.3) is 0 Å². The third kappa shape index (κ3) is 2.94.